The van der Waals surface area contributed by atoms with Crippen LogP contribution >= 0.6 is 0 Å². The Morgan fingerprint density at radius 1 is 1.11 bits per heavy atom. The number of nitrogens with zero attached hydrogens (tertiary/aromatic N) is 3. The van der Waals surface area contributed by atoms with Gasteiger partial charge in [0.15, 0.2) is 0 Å². The molecule has 152 valence electrons. The number of hydrogen-bond donors (Lipinski definition) is 1. The minimum Gasteiger partial charge on any atom is -0.326 e. The summed E-state index contributed by atoms with van der Waals surface area (Å²) in [6, 6.07) is 7.60. The van der Waals surface area contributed by atoms with Crippen LogP contribution in [-0.4, -0.2) is 41.5 Å². The van der Waals surface area contributed by atoms with Crippen LogP contribution in [0.25, 0.3) is 0 Å². The van der Waals surface area contributed by atoms with Gasteiger partial charge >= 0.3 is 0 Å². The molecule has 0 radical (unpaired) electrons. The Balaban J connectivity index is 1.71. The van der Waals surface area contributed by atoms with Crippen LogP contribution in [-0.2, 0) is 21.4 Å². The van der Waals surface area contributed by atoms with Gasteiger partial charge in [0.1, 0.15) is 4.90 Å². The van der Waals surface area contributed by atoms with E-state index >= 15 is 0 Å². The van der Waals surface area contributed by atoms with Gasteiger partial charge in [-0.2, -0.15) is 9.40 Å². The number of sulfonamides is 1. The molecule has 2 heterocycles. The van der Waals surface area contributed by atoms with Crippen LogP contribution in [0.2, 0.25) is 0 Å². The largest absolute Gasteiger partial charge is 0.326 e. The van der Waals surface area contributed by atoms with E-state index in [-0.39, 0.29) is 17.2 Å². The first kappa shape index (κ1) is 20.5. The lowest BCUT2D eigenvalue weighted by molar-refractivity contribution is -0.116. The molecule has 1 saturated heterocycles. The number of aromatic nitrogens is 2. The second-order valence-corrected chi connectivity index (χ2v) is 9.18. The van der Waals surface area contributed by atoms with E-state index in [2.05, 4.69) is 10.4 Å². The first-order chi connectivity index (χ1) is 13.3. The van der Waals surface area contributed by atoms with Crippen molar-refractivity contribution in [1.82, 2.24) is 14.1 Å². The topological polar surface area (TPSA) is 84.3 Å². The number of hydrogen-bond acceptors (Lipinski definition) is 4. The quantitative estimate of drug-likeness (QED) is 0.802. The monoisotopic (exact) mass is 404 g/mol. The minimum absolute atomic E-state index is 0.123. The van der Waals surface area contributed by atoms with Crippen molar-refractivity contribution in [2.45, 2.75) is 57.9 Å². The summed E-state index contributed by atoms with van der Waals surface area (Å²) in [4.78, 5) is 12.6. The minimum atomic E-state index is -3.55. The molecule has 2 aromatic rings. The molecule has 1 aromatic heterocycles. The van der Waals surface area contributed by atoms with Gasteiger partial charge in [0.25, 0.3) is 0 Å². The summed E-state index contributed by atoms with van der Waals surface area (Å²) in [6.45, 7) is 6.87. The maximum Gasteiger partial charge on any atom is 0.246 e. The van der Waals surface area contributed by atoms with Crippen LogP contribution in [0.3, 0.4) is 0 Å². The van der Waals surface area contributed by atoms with Crippen LogP contribution in [0.15, 0.2) is 29.2 Å². The highest BCUT2D eigenvalue weighted by atomic mass is 32.2. The van der Waals surface area contributed by atoms with Gasteiger partial charge in [0.05, 0.1) is 17.9 Å². The molecule has 1 aromatic carbocycles. The number of aryl methyl sites for hydroxylation is 3. The van der Waals surface area contributed by atoms with Crippen molar-refractivity contribution in [3.8, 4) is 0 Å². The van der Waals surface area contributed by atoms with E-state index in [1.54, 1.807) is 22.8 Å². The molecule has 1 amide bonds. The highest BCUT2D eigenvalue weighted by Crippen LogP contribution is 2.26. The fraction of sp³-hybridized carbons (Fsp3) is 0.500. The average Bonchev–Trinajstić information content (AvgIpc) is 2.96. The highest BCUT2D eigenvalue weighted by molar-refractivity contribution is 7.89. The van der Waals surface area contributed by atoms with Crippen molar-refractivity contribution in [2.24, 2.45) is 0 Å². The number of amides is 1. The van der Waals surface area contributed by atoms with Crippen molar-refractivity contribution in [3.63, 3.8) is 0 Å². The van der Waals surface area contributed by atoms with Crippen molar-refractivity contribution in [3.05, 3.63) is 41.2 Å². The normalized spacial score (nSPS) is 15.5. The summed E-state index contributed by atoms with van der Waals surface area (Å²) in [6.07, 6.45) is 3.08. The number of anilines is 1. The number of piperidine rings is 1. The van der Waals surface area contributed by atoms with Crippen LogP contribution in [0.5, 0.6) is 0 Å². The summed E-state index contributed by atoms with van der Waals surface area (Å²) in [5.74, 6) is -0.123. The van der Waals surface area contributed by atoms with E-state index in [0.717, 1.165) is 30.5 Å². The van der Waals surface area contributed by atoms with Gasteiger partial charge in [-0.05, 0) is 45.2 Å². The number of rotatable bonds is 6. The Bertz CT molecular complexity index is 960. The predicted octanol–water partition coefficient (Wildman–Crippen LogP) is 3.01. The molecular weight excluding hydrogens is 376 g/mol. The smallest absolute Gasteiger partial charge is 0.246 e. The Morgan fingerprint density at radius 3 is 2.46 bits per heavy atom. The zero-order chi connectivity index (χ0) is 20.3. The van der Waals surface area contributed by atoms with Crippen LogP contribution < -0.4 is 5.32 Å². The molecule has 3 rings (SSSR count). The molecular formula is C20H28N4O3S. The SMILES string of the molecule is Cc1ccccc1NC(=O)CCn1nc(C)c(S(=O)(=O)N2CCCCC2)c1C. The zero-order valence-corrected chi connectivity index (χ0v) is 17.6. The van der Waals surface area contributed by atoms with E-state index in [1.165, 1.54) is 0 Å². The lowest BCUT2D eigenvalue weighted by Gasteiger charge is -2.26. The summed E-state index contributed by atoms with van der Waals surface area (Å²) >= 11 is 0. The van der Waals surface area contributed by atoms with Crippen molar-refractivity contribution in [1.29, 1.82) is 0 Å². The fourth-order valence-corrected chi connectivity index (χ4v) is 5.53. The molecule has 7 nitrogen and oxygen atoms in total. The van der Waals surface area contributed by atoms with Gasteiger partial charge in [-0.3, -0.25) is 9.48 Å². The molecule has 0 saturated carbocycles. The third-order valence-corrected chi connectivity index (χ3v) is 7.35. The van der Waals surface area contributed by atoms with Crippen molar-refractivity contribution >= 4 is 21.6 Å². The van der Waals surface area contributed by atoms with E-state index in [0.29, 0.717) is 31.0 Å². The summed E-state index contributed by atoms with van der Waals surface area (Å²) < 4.78 is 29.3. The van der Waals surface area contributed by atoms with Gasteiger partial charge < -0.3 is 5.32 Å². The second-order valence-electron chi connectivity index (χ2n) is 7.30. The fourth-order valence-electron chi connectivity index (χ4n) is 3.64. The van der Waals surface area contributed by atoms with Crippen LogP contribution in [0.1, 0.15) is 42.6 Å². The molecule has 1 aliphatic rings. The first-order valence-electron chi connectivity index (χ1n) is 9.70. The van der Waals surface area contributed by atoms with E-state index in [4.69, 9.17) is 0 Å². The van der Waals surface area contributed by atoms with Crippen LogP contribution in [0.4, 0.5) is 5.69 Å². The third-order valence-electron chi connectivity index (χ3n) is 5.20. The van der Waals surface area contributed by atoms with Crippen molar-refractivity contribution in [2.75, 3.05) is 18.4 Å². The molecule has 0 atom stereocenters. The highest BCUT2D eigenvalue weighted by Gasteiger charge is 2.31. The molecule has 1 aliphatic heterocycles. The van der Waals surface area contributed by atoms with Crippen LogP contribution in [0, 0.1) is 20.8 Å². The Hall–Kier alpha value is -2.19. The standard InChI is InChI=1S/C20H28N4O3S/c1-15-9-5-6-10-18(15)21-19(25)11-14-24-17(3)20(16(2)22-24)28(26,27)23-12-7-4-8-13-23/h5-6,9-10H,4,7-8,11-14H2,1-3H3,(H,21,25). The lowest BCUT2D eigenvalue weighted by atomic mass is 10.2. The molecule has 1 N–H and O–H groups in total. The molecule has 28 heavy (non-hydrogen) atoms. The number of nitrogens with one attached hydrogen (secondary N) is 1. The molecule has 0 aliphatic carbocycles. The number of carbonyl (C=O) groups is 1. The van der Waals surface area contributed by atoms with Gasteiger partial charge in [-0.25, -0.2) is 8.42 Å². The molecule has 0 unspecified atom stereocenters. The number of para-hydroxylation sites is 1. The maximum absolute atomic E-state index is 13.1. The summed E-state index contributed by atoms with van der Waals surface area (Å²) in [5, 5.41) is 7.30. The zero-order valence-electron chi connectivity index (χ0n) is 16.7. The van der Waals surface area contributed by atoms with E-state index < -0.39 is 10.0 Å². The Kier molecular flexibility index (Phi) is 6.20. The van der Waals surface area contributed by atoms with E-state index in [1.807, 2.05) is 31.2 Å². The van der Waals surface area contributed by atoms with E-state index in [9.17, 15) is 13.2 Å². The Labute approximate surface area is 166 Å². The third kappa shape index (κ3) is 4.28. The maximum atomic E-state index is 13.1. The van der Waals surface area contributed by atoms with Gasteiger partial charge in [-0.1, -0.05) is 24.6 Å². The van der Waals surface area contributed by atoms with Gasteiger partial charge in [0, 0.05) is 25.2 Å². The number of benzene rings is 1. The van der Waals surface area contributed by atoms with Gasteiger partial charge in [-0.15, -0.1) is 0 Å². The van der Waals surface area contributed by atoms with Gasteiger partial charge in [0.2, 0.25) is 15.9 Å². The first-order valence-corrected chi connectivity index (χ1v) is 11.1. The molecule has 8 heteroatoms. The summed E-state index contributed by atoms with van der Waals surface area (Å²) in [5.41, 5.74) is 2.86. The summed E-state index contributed by atoms with van der Waals surface area (Å²) in [7, 11) is -3.55. The molecule has 1 fully saturated rings. The Morgan fingerprint density at radius 2 is 1.79 bits per heavy atom. The molecule has 0 bridgehead atoms. The van der Waals surface area contributed by atoms with Crippen molar-refractivity contribution < 1.29 is 13.2 Å². The lowest BCUT2D eigenvalue weighted by Crippen LogP contribution is -2.36. The second kappa shape index (κ2) is 8.45. The average molecular weight is 405 g/mol. The molecule has 0 spiro atoms. The number of carbonyl (C=O) groups excluding carboxylic acids is 1. The predicted molar refractivity (Wildman–Crippen MR) is 109 cm³/mol.